The van der Waals surface area contributed by atoms with E-state index < -0.39 is 0 Å². The molecule has 0 aromatic carbocycles. The number of nitriles is 1. The first-order valence-electron chi connectivity index (χ1n) is 5.03. The number of halogens is 1. The number of nitrogens with two attached hydrogens (primary N) is 1. The molecule has 0 aliphatic carbocycles. The molecule has 0 spiro atoms. The van der Waals surface area contributed by atoms with Gasteiger partial charge in [0.15, 0.2) is 16.9 Å². The third kappa shape index (κ3) is 2.99. The van der Waals surface area contributed by atoms with Crippen LogP contribution in [0.15, 0.2) is 4.99 Å². The van der Waals surface area contributed by atoms with Gasteiger partial charge in [0.2, 0.25) is 5.95 Å². The molecular weight excluding hydrogens is 254 g/mol. The maximum absolute atomic E-state index is 9.03. The van der Waals surface area contributed by atoms with Crippen LogP contribution in [0.1, 0.15) is 5.56 Å². The molecular formula is C10H14ClN7. The third-order valence-electron chi connectivity index (χ3n) is 2.02. The minimum absolute atomic E-state index is 0.0570. The van der Waals surface area contributed by atoms with Gasteiger partial charge in [0.05, 0.1) is 0 Å². The number of hydrogen-bond donors (Lipinski definition) is 1. The molecule has 1 rings (SSSR count). The fourth-order valence-corrected chi connectivity index (χ4v) is 1.20. The molecule has 0 saturated carbocycles. The van der Waals surface area contributed by atoms with Crippen LogP contribution in [0.5, 0.6) is 0 Å². The highest BCUT2D eigenvalue weighted by Crippen LogP contribution is 2.25. The van der Waals surface area contributed by atoms with Gasteiger partial charge in [0, 0.05) is 28.2 Å². The van der Waals surface area contributed by atoms with Crippen molar-refractivity contribution in [2.24, 2.45) is 10.7 Å². The zero-order chi connectivity index (χ0) is 13.9. The molecule has 8 heteroatoms. The summed E-state index contributed by atoms with van der Waals surface area (Å²) in [5.41, 5.74) is 5.80. The summed E-state index contributed by atoms with van der Waals surface area (Å²) < 4.78 is 0. The fraction of sp³-hybridized carbons (Fsp3) is 0.400. The predicted octanol–water partition coefficient (Wildman–Crippen LogP) is 0.575. The van der Waals surface area contributed by atoms with Crippen molar-refractivity contribution >= 4 is 29.3 Å². The van der Waals surface area contributed by atoms with E-state index in [1.165, 1.54) is 0 Å². The predicted molar refractivity (Wildman–Crippen MR) is 71.1 cm³/mol. The number of aromatic nitrogens is 2. The minimum atomic E-state index is 0.0570. The molecule has 0 saturated heterocycles. The average molecular weight is 268 g/mol. The van der Waals surface area contributed by atoms with E-state index in [9.17, 15) is 0 Å². The molecule has 0 atom stereocenters. The Kier molecular flexibility index (Phi) is 4.28. The second-order valence-corrected chi connectivity index (χ2v) is 4.24. The van der Waals surface area contributed by atoms with E-state index in [0.29, 0.717) is 5.95 Å². The number of hydrogen-bond acceptors (Lipinski definition) is 5. The van der Waals surface area contributed by atoms with Crippen molar-refractivity contribution in [3.05, 3.63) is 10.7 Å². The highest BCUT2D eigenvalue weighted by molar-refractivity contribution is 6.31. The smallest absolute Gasteiger partial charge is 0.228 e. The summed E-state index contributed by atoms with van der Waals surface area (Å²) in [5, 5.41) is 9.09. The highest BCUT2D eigenvalue weighted by Gasteiger charge is 2.14. The highest BCUT2D eigenvalue weighted by atomic mass is 35.5. The van der Waals surface area contributed by atoms with Crippen LogP contribution in [0.2, 0.25) is 5.15 Å². The Morgan fingerprint density at radius 3 is 2.39 bits per heavy atom. The van der Waals surface area contributed by atoms with Crippen molar-refractivity contribution in [3.8, 4) is 6.07 Å². The number of guanidine groups is 1. The Bertz CT molecular complexity index is 516. The number of nitrogens with zero attached hydrogens (tertiary/aromatic N) is 6. The Morgan fingerprint density at radius 2 is 1.94 bits per heavy atom. The van der Waals surface area contributed by atoms with Crippen LogP contribution in [0, 0.1) is 11.3 Å². The van der Waals surface area contributed by atoms with Gasteiger partial charge in [-0.25, -0.2) is 0 Å². The Balaban J connectivity index is 3.41. The summed E-state index contributed by atoms with van der Waals surface area (Å²) in [4.78, 5) is 15.5. The molecule has 2 N–H and O–H groups in total. The molecule has 7 nitrogen and oxygen atoms in total. The maximum atomic E-state index is 9.03. The van der Waals surface area contributed by atoms with E-state index in [0.717, 1.165) is 0 Å². The summed E-state index contributed by atoms with van der Waals surface area (Å²) in [6.45, 7) is 0. The molecule has 1 heterocycles. The van der Waals surface area contributed by atoms with Gasteiger partial charge < -0.3 is 15.5 Å². The van der Waals surface area contributed by atoms with Crippen molar-refractivity contribution in [2.45, 2.75) is 0 Å². The van der Waals surface area contributed by atoms with E-state index >= 15 is 0 Å². The number of anilines is 1. The van der Waals surface area contributed by atoms with Crippen molar-refractivity contribution < 1.29 is 0 Å². The molecule has 96 valence electrons. The molecule has 0 radical (unpaired) electrons. The summed E-state index contributed by atoms with van der Waals surface area (Å²) in [7, 11) is 7.00. The topological polar surface area (TPSA) is 94.4 Å². The number of aliphatic imine (C=N–C) groups is 1. The largest absolute Gasteiger partial charge is 0.369 e. The monoisotopic (exact) mass is 267 g/mol. The first kappa shape index (κ1) is 14.0. The Morgan fingerprint density at radius 1 is 1.33 bits per heavy atom. The van der Waals surface area contributed by atoms with Crippen LogP contribution in [0.4, 0.5) is 11.8 Å². The minimum Gasteiger partial charge on any atom is -0.369 e. The van der Waals surface area contributed by atoms with Crippen LogP contribution in [0.3, 0.4) is 0 Å². The lowest BCUT2D eigenvalue weighted by molar-refractivity contribution is 0.614. The van der Waals surface area contributed by atoms with Gasteiger partial charge in [0.25, 0.3) is 0 Å². The van der Waals surface area contributed by atoms with Crippen molar-refractivity contribution in [3.63, 3.8) is 0 Å². The second-order valence-electron chi connectivity index (χ2n) is 3.88. The van der Waals surface area contributed by atoms with Gasteiger partial charge in [0.1, 0.15) is 11.6 Å². The molecule has 0 amide bonds. The van der Waals surface area contributed by atoms with Crippen molar-refractivity contribution in [1.29, 1.82) is 5.26 Å². The van der Waals surface area contributed by atoms with Crippen LogP contribution in [-0.4, -0.2) is 49.0 Å². The molecule has 0 fully saturated rings. The van der Waals surface area contributed by atoms with Gasteiger partial charge in [-0.15, -0.1) is 0 Å². The van der Waals surface area contributed by atoms with E-state index in [2.05, 4.69) is 15.0 Å². The van der Waals surface area contributed by atoms with Gasteiger partial charge in [-0.2, -0.15) is 20.2 Å². The molecule has 1 aromatic heterocycles. The normalized spacial score (nSPS) is 11.0. The van der Waals surface area contributed by atoms with Gasteiger partial charge in [-0.3, -0.25) is 0 Å². The van der Waals surface area contributed by atoms with Gasteiger partial charge in [-0.05, 0) is 0 Å². The Hall–Kier alpha value is -2.07. The van der Waals surface area contributed by atoms with Crippen molar-refractivity contribution in [2.75, 3.05) is 33.1 Å². The van der Waals surface area contributed by atoms with Crippen LogP contribution < -0.4 is 10.6 Å². The molecule has 1 aromatic rings. The number of rotatable bonds is 2. The van der Waals surface area contributed by atoms with Crippen LogP contribution in [0.25, 0.3) is 0 Å². The van der Waals surface area contributed by atoms with E-state index in [-0.39, 0.29) is 22.5 Å². The lowest BCUT2D eigenvalue weighted by Crippen LogP contribution is -2.30. The van der Waals surface area contributed by atoms with E-state index in [1.807, 2.05) is 6.07 Å². The fourth-order valence-electron chi connectivity index (χ4n) is 0.997. The lowest BCUT2D eigenvalue weighted by atomic mass is 10.3. The molecule has 0 unspecified atom stereocenters. The summed E-state index contributed by atoms with van der Waals surface area (Å²) in [6, 6.07) is 1.92. The second kappa shape index (κ2) is 5.51. The summed E-state index contributed by atoms with van der Waals surface area (Å²) in [5.74, 6) is 0.752. The molecule has 0 aliphatic heterocycles. The summed E-state index contributed by atoms with van der Waals surface area (Å²) in [6.07, 6.45) is 0. The lowest BCUT2D eigenvalue weighted by Gasteiger charge is -2.13. The Labute approximate surface area is 111 Å². The van der Waals surface area contributed by atoms with Crippen LogP contribution in [-0.2, 0) is 0 Å². The van der Waals surface area contributed by atoms with E-state index in [4.69, 9.17) is 22.6 Å². The van der Waals surface area contributed by atoms with E-state index in [1.54, 1.807) is 38.0 Å². The molecule has 0 aliphatic rings. The van der Waals surface area contributed by atoms with Gasteiger partial charge in [-0.1, -0.05) is 11.6 Å². The molecule has 18 heavy (non-hydrogen) atoms. The zero-order valence-electron chi connectivity index (χ0n) is 10.6. The maximum Gasteiger partial charge on any atom is 0.228 e. The SMILES string of the molecule is CN(C)/C(N)=N/c1nc(N(C)C)nc(Cl)c1C#N. The van der Waals surface area contributed by atoms with Crippen LogP contribution >= 0.6 is 11.6 Å². The summed E-state index contributed by atoms with van der Waals surface area (Å²) >= 11 is 5.92. The quantitative estimate of drug-likeness (QED) is 0.478. The third-order valence-corrected chi connectivity index (χ3v) is 2.30. The standard InChI is InChI=1S/C10H14ClN7/c1-17(2)9(13)15-8-6(5-12)7(11)14-10(16-8)18(3)4/h1-4H3,(H2,13,14,15,16). The first-order chi connectivity index (χ1) is 8.36. The average Bonchev–Trinajstić information content (AvgIpc) is 2.28. The molecule has 0 bridgehead atoms. The van der Waals surface area contributed by atoms with Gasteiger partial charge >= 0.3 is 0 Å². The first-order valence-corrected chi connectivity index (χ1v) is 5.41. The zero-order valence-corrected chi connectivity index (χ0v) is 11.4. The van der Waals surface area contributed by atoms with Crippen molar-refractivity contribution in [1.82, 2.24) is 14.9 Å².